The minimum absolute atomic E-state index is 0.840. The Balaban J connectivity index is 2.02. The second-order valence-corrected chi connectivity index (χ2v) is 5.77. The Bertz CT molecular complexity index is 230. The van der Waals surface area contributed by atoms with E-state index in [0.29, 0.717) is 0 Å². The Kier molecular flexibility index (Phi) is 1.09. The fraction of sp³-hybridized carbons (Fsp3) is 1.00. The maximum Gasteiger partial charge on any atom is -0.0179 e. The van der Waals surface area contributed by atoms with E-state index in [-0.39, 0.29) is 0 Å². The molecule has 0 nitrogen and oxygen atoms in total. The summed E-state index contributed by atoms with van der Waals surface area (Å²) in [5.74, 6) is 3.24. The lowest BCUT2D eigenvalue weighted by molar-refractivity contribution is 0.283. The third-order valence-electron chi connectivity index (χ3n) is 5.64. The summed E-state index contributed by atoms with van der Waals surface area (Å²) in [7, 11) is 0. The van der Waals surface area contributed by atoms with Gasteiger partial charge in [0.05, 0.1) is 0 Å². The minimum Gasteiger partial charge on any atom is -0.0648 e. The normalized spacial score (nSPS) is 60.0. The number of hydrogen-bond donors (Lipinski definition) is 0. The summed E-state index contributed by atoms with van der Waals surface area (Å²) in [4.78, 5) is 0. The van der Waals surface area contributed by atoms with E-state index >= 15 is 0 Å². The molecule has 4 atom stereocenters. The average molecular weight is 164 g/mol. The zero-order chi connectivity index (χ0) is 8.56. The third kappa shape index (κ3) is 0.459. The Morgan fingerprint density at radius 2 is 2.08 bits per heavy atom. The van der Waals surface area contributed by atoms with Gasteiger partial charge in [-0.1, -0.05) is 20.8 Å². The van der Waals surface area contributed by atoms with Crippen molar-refractivity contribution in [3.05, 3.63) is 0 Å². The first kappa shape index (κ1) is 7.41. The molecule has 68 valence electrons. The van der Waals surface area contributed by atoms with Gasteiger partial charge >= 0.3 is 0 Å². The second-order valence-electron chi connectivity index (χ2n) is 5.77. The van der Waals surface area contributed by atoms with E-state index in [4.69, 9.17) is 0 Å². The lowest BCUT2D eigenvalue weighted by Crippen LogP contribution is -2.13. The molecular weight excluding hydrogens is 144 g/mol. The highest BCUT2D eigenvalue weighted by atomic mass is 14.9. The third-order valence-corrected chi connectivity index (χ3v) is 5.64. The molecule has 0 aromatic heterocycles. The summed E-state index contributed by atoms with van der Waals surface area (Å²) in [5.41, 5.74) is 1.69. The van der Waals surface area contributed by atoms with Crippen LogP contribution in [0.2, 0.25) is 0 Å². The van der Waals surface area contributed by atoms with Gasteiger partial charge in [-0.3, -0.25) is 0 Å². The van der Waals surface area contributed by atoms with Crippen molar-refractivity contribution in [1.82, 2.24) is 0 Å². The van der Waals surface area contributed by atoms with Crippen LogP contribution in [0.3, 0.4) is 0 Å². The summed E-state index contributed by atoms with van der Waals surface area (Å²) < 4.78 is 0. The van der Waals surface area contributed by atoms with E-state index < -0.39 is 0 Å². The fourth-order valence-electron chi connectivity index (χ4n) is 5.40. The second kappa shape index (κ2) is 1.76. The van der Waals surface area contributed by atoms with Crippen molar-refractivity contribution in [3.8, 4) is 0 Å². The van der Waals surface area contributed by atoms with Crippen LogP contribution in [0.25, 0.3) is 0 Å². The van der Waals surface area contributed by atoms with Crippen molar-refractivity contribution in [2.75, 3.05) is 0 Å². The van der Waals surface area contributed by atoms with E-state index in [1.165, 1.54) is 6.42 Å². The van der Waals surface area contributed by atoms with Crippen molar-refractivity contribution in [3.63, 3.8) is 0 Å². The van der Waals surface area contributed by atoms with Crippen molar-refractivity contribution in [2.24, 2.45) is 28.6 Å². The number of rotatable bonds is 2. The van der Waals surface area contributed by atoms with E-state index in [9.17, 15) is 0 Å². The van der Waals surface area contributed by atoms with Gasteiger partial charge in [0.2, 0.25) is 0 Å². The van der Waals surface area contributed by atoms with Gasteiger partial charge in [0.15, 0.2) is 0 Å². The monoisotopic (exact) mass is 164 g/mol. The Morgan fingerprint density at radius 1 is 1.33 bits per heavy atom. The summed E-state index contributed by atoms with van der Waals surface area (Å²) in [6.45, 7) is 7.33. The maximum absolute atomic E-state index is 2.46. The molecule has 4 aliphatic carbocycles. The molecule has 4 saturated carbocycles. The van der Waals surface area contributed by atoms with Crippen LogP contribution in [0, 0.1) is 28.6 Å². The molecule has 0 heteroatoms. The first-order valence-electron chi connectivity index (χ1n) is 5.67. The van der Waals surface area contributed by atoms with Crippen LogP contribution in [0.1, 0.15) is 46.5 Å². The predicted octanol–water partition coefficient (Wildman–Crippen LogP) is 3.47. The summed E-state index contributed by atoms with van der Waals surface area (Å²) in [6, 6.07) is 0. The zero-order valence-corrected chi connectivity index (χ0v) is 8.56. The van der Waals surface area contributed by atoms with Gasteiger partial charge in [-0.2, -0.15) is 0 Å². The molecular formula is C12H20. The molecule has 0 aliphatic heterocycles. The zero-order valence-electron chi connectivity index (χ0n) is 8.56. The predicted molar refractivity (Wildman–Crippen MR) is 50.8 cm³/mol. The Hall–Kier alpha value is 0. The van der Waals surface area contributed by atoms with Crippen molar-refractivity contribution in [1.29, 1.82) is 0 Å². The SMILES string of the molecule is CCC12CC3CC1C2(C(C)C)C3. The van der Waals surface area contributed by atoms with E-state index in [0.717, 1.165) is 28.6 Å². The van der Waals surface area contributed by atoms with Crippen LogP contribution in [0.4, 0.5) is 0 Å². The summed E-state index contributed by atoms with van der Waals surface area (Å²) in [5, 5.41) is 0. The molecule has 4 unspecified atom stereocenters. The number of hydrogen-bond acceptors (Lipinski definition) is 0. The van der Waals surface area contributed by atoms with E-state index in [1.54, 1.807) is 19.3 Å². The first-order valence-corrected chi connectivity index (χ1v) is 5.67. The molecule has 0 amide bonds. The molecule has 0 heterocycles. The van der Waals surface area contributed by atoms with E-state index in [1.807, 2.05) is 0 Å². The van der Waals surface area contributed by atoms with Gasteiger partial charge in [0.25, 0.3) is 0 Å². The van der Waals surface area contributed by atoms with Crippen molar-refractivity contribution in [2.45, 2.75) is 46.5 Å². The van der Waals surface area contributed by atoms with Crippen LogP contribution in [-0.2, 0) is 0 Å². The molecule has 4 aliphatic rings. The van der Waals surface area contributed by atoms with Crippen molar-refractivity contribution >= 4 is 0 Å². The quantitative estimate of drug-likeness (QED) is 0.586. The molecule has 0 aromatic rings. The maximum atomic E-state index is 2.46. The largest absolute Gasteiger partial charge is 0.0648 e. The molecule has 12 heavy (non-hydrogen) atoms. The molecule has 0 aromatic carbocycles. The average Bonchev–Trinajstić information content (AvgIpc) is 2.54. The van der Waals surface area contributed by atoms with Gasteiger partial charge in [0.1, 0.15) is 0 Å². The molecule has 0 N–H and O–H groups in total. The van der Waals surface area contributed by atoms with E-state index in [2.05, 4.69) is 20.8 Å². The van der Waals surface area contributed by atoms with Gasteiger partial charge in [-0.25, -0.2) is 0 Å². The van der Waals surface area contributed by atoms with Crippen LogP contribution >= 0.6 is 0 Å². The smallest absolute Gasteiger partial charge is 0.0179 e. The van der Waals surface area contributed by atoms with Crippen LogP contribution in [-0.4, -0.2) is 0 Å². The first-order chi connectivity index (χ1) is 5.67. The molecule has 4 bridgehead atoms. The topological polar surface area (TPSA) is 0 Å². The summed E-state index contributed by atoms with van der Waals surface area (Å²) in [6.07, 6.45) is 6.23. The standard InChI is InChI=1S/C12H20/c1-4-11-6-9-5-10(11)12(11,7-9)8(2)3/h8-10H,4-7H2,1-3H3. The molecule has 0 spiro atoms. The molecule has 0 radical (unpaired) electrons. The van der Waals surface area contributed by atoms with Gasteiger partial charge < -0.3 is 0 Å². The van der Waals surface area contributed by atoms with Crippen LogP contribution in [0.5, 0.6) is 0 Å². The highest BCUT2D eigenvalue weighted by Gasteiger charge is 2.83. The Labute approximate surface area is 75.7 Å². The summed E-state index contributed by atoms with van der Waals surface area (Å²) >= 11 is 0. The van der Waals surface area contributed by atoms with Gasteiger partial charge in [0, 0.05) is 0 Å². The lowest BCUT2D eigenvalue weighted by atomic mass is 9.84. The fourth-order valence-corrected chi connectivity index (χ4v) is 5.40. The molecule has 0 saturated heterocycles. The minimum atomic E-state index is 0.840. The van der Waals surface area contributed by atoms with Crippen LogP contribution < -0.4 is 0 Å². The van der Waals surface area contributed by atoms with Crippen molar-refractivity contribution < 1.29 is 0 Å². The Morgan fingerprint density at radius 3 is 2.42 bits per heavy atom. The van der Waals surface area contributed by atoms with Crippen LogP contribution in [0.15, 0.2) is 0 Å². The highest BCUT2D eigenvalue weighted by Crippen LogP contribution is 2.90. The highest BCUT2D eigenvalue weighted by molar-refractivity contribution is 5.31. The lowest BCUT2D eigenvalue weighted by Gasteiger charge is -2.20. The van der Waals surface area contributed by atoms with Gasteiger partial charge in [-0.05, 0) is 54.3 Å². The molecule has 4 fully saturated rings. The van der Waals surface area contributed by atoms with Gasteiger partial charge in [-0.15, -0.1) is 0 Å². The molecule has 4 rings (SSSR count).